The highest BCUT2D eigenvalue weighted by Crippen LogP contribution is 2.13. The lowest BCUT2D eigenvalue weighted by atomic mass is 10.4. The van der Waals surface area contributed by atoms with Gasteiger partial charge in [0.25, 0.3) is 0 Å². The van der Waals surface area contributed by atoms with Crippen LogP contribution in [0.2, 0.25) is 6.04 Å². The van der Waals surface area contributed by atoms with E-state index in [-0.39, 0.29) is 0 Å². The Kier molecular flexibility index (Phi) is 3.61. The van der Waals surface area contributed by atoms with E-state index in [0.717, 1.165) is 31.8 Å². The molecule has 4 heteroatoms. The molecule has 1 heterocycles. The van der Waals surface area contributed by atoms with Crippen molar-refractivity contribution in [2.24, 2.45) is 0 Å². The van der Waals surface area contributed by atoms with Gasteiger partial charge in [-0.15, -0.1) is 0 Å². The van der Waals surface area contributed by atoms with E-state index in [0.29, 0.717) is 0 Å². The van der Waals surface area contributed by atoms with E-state index in [2.05, 4.69) is 0 Å². The zero-order chi connectivity index (χ0) is 8.10. The summed E-state index contributed by atoms with van der Waals surface area (Å²) in [6, 6.07) is 1.02. The first-order valence-corrected chi connectivity index (χ1v) is 5.90. The number of aliphatic hydroxyl groups excluding tert-OH is 2. The Morgan fingerprint density at radius 3 is 2.82 bits per heavy atom. The van der Waals surface area contributed by atoms with Crippen molar-refractivity contribution >= 4 is 9.04 Å². The van der Waals surface area contributed by atoms with Gasteiger partial charge in [-0.3, -0.25) is 0 Å². The Morgan fingerprint density at radius 1 is 1.45 bits per heavy atom. The fraction of sp³-hybridized carbons (Fsp3) is 0.714. The molecule has 1 aliphatic rings. The first-order valence-electron chi connectivity index (χ1n) is 3.95. The second-order valence-electron chi connectivity index (χ2n) is 2.74. The first kappa shape index (κ1) is 8.77. The molecule has 0 bridgehead atoms. The minimum absolute atomic E-state index is 0.514. The second kappa shape index (κ2) is 4.53. The van der Waals surface area contributed by atoms with E-state index >= 15 is 0 Å². The van der Waals surface area contributed by atoms with Crippen LogP contribution < -0.4 is 0 Å². The largest absolute Gasteiger partial charge is 0.516 e. The van der Waals surface area contributed by atoms with Gasteiger partial charge in [-0.2, -0.15) is 0 Å². The summed E-state index contributed by atoms with van der Waals surface area (Å²) in [4.78, 5) is 0. The van der Waals surface area contributed by atoms with Gasteiger partial charge in [-0.1, -0.05) is 6.42 Å². The Hall–Kier alpha value is -0.323. The summed E-state index contributed by atoms with van der Waals surface area (Å²) in [6.07, 6.45) is 4.57. The lowest BCUT2D eigenvalue weighted by Crippen LogP contribution is -2.35. The minimum Gasteiger partial charge on any atom is -0.516 e. The van der Waals surface area contributed by atoms with Crippen LogP contribution >= 0.6 is 0 Å². The van der Waals surface area contributed by atoms with E-state index in [4.69, 9.17) is 9.53 Å². The summed E-state index contributed by atoms with van der Waals surface area (Å²) >= 11 is 0. The topological polar surface area (TPSA) is 49.7 Å². The molecule has 0 aromatic carbocycles. The quantitative estimate of drug-likeness (QED) is 0.473. The zero-order valence-electron chi connectivity index (χ0n) is 6.44. The van der Waals surface area contributed by atoms with Gasteiger partial charge in [0.2, 0.25) is 9.04 Å². The van der Waals surface area contributed by atoms with Crippen LogP contribution in [0, 0.1) is 0 Å². The van der Waals surface area contributed by atoms with Crippen molar-refractivity contribution < 1.29 is 14.6 Å². The number of aliphatic hydroxyl groups is 2. The van der Waals surface area contributed by atoms with E-state index in [1.165, 1.54) is 6.08 Å². The van der Waals surface area contributed by atoms with Gasteiger partial charge in [-0.05, 0) is 18.5 Å². The summed E-state index contributed by atoms with van der Waals surface area (Å²) in [5, 5.41) is 17.8. The van der Waals surface area contributed by atoms with Crippen LogP contribution in [0.25, 0.3) is 0 Å². The predicted molar refractivity (Wildman–Crippen MR) is 44.9 cm³/mol. The third-order valence-electron chi connectivity index (χ3n) is 1.88. The molecule has 3 nitrogen and oxygen atoms in total. The van der Waals surface area contributed by atoms with Crippen molar-refractivity contribution in [1.82, 2.24) is 0 Å². The second-order valence-corrected chi connectivity index (χ2v) is 5.41. The van der Waals surface area contributed by atoms with Gasteiger partial charge in [-0.25, -0.2) is 0 Å². The first-order chi connectivity index (χ1) is 5.34. The molecule has 0 radical (unpaired) electrons. The van der Waals surface area contributed by atoms with Crippen molar-refractivity contribution in [2.75, 3.05) is 6.61 Å². The molecular weight excluding hydrogens is 160 g/mol. The van der Waals surface area contributed by atoms with Crippen molar-refractivity contribution in [1.29, 1.82) is 0 Å². The Balaban J connectivity index is 2.32. The predicted octanol–water partition coefficient (Wildman–Crippen LogP) is 0.492. The highest BCUT2D eigenvalue weighted by atomic mass is 28.3. The molecule has 2 N–H and O–H groups in total. The SMILES string of the molecule is OC=CC(O)[SiH]1CCCCO1. The number of hydrogen-bond donors (Lipinski definition) is 2. The summed E-state index contributed by atoms with van der Waals surface area (Å²) in [5.74, 6) is 0. The van der Waals surface area contributed by atoms with Crippen molar-refractivity contribution in [3.05, 3.63) is 12.3 Å². The third kappa shape index (κ3) is 2.65. The minimum atomic E-state index is -1.43. The lowest BCUT2D eigenvalue weighted by Gasteiger charge is -2.23. The summed E-state index contributed by atoms with van der Waals surface area (Å²) in [5.41, 5.74) is -0.514. The maximum Gasteiger partial charge on any atom is 0.209 e. The summed E-state index contributed by atoms with van der Waals surface area (Å²) in [6.45, 7) is 0.785. The fourth-order valence-electron chi connectivity index (χ4n) is 1.25. The Morgan fingerprint density at radius 2 is 2.27 bits per heavy atom. The van der Waals surface area contributed by atoms with Crippen molar-refractivity contribution in [3.63, 3.8) is 0 Å². The van der Waals surface area contributed by atoms with Gasteiger partial charge in [0.05, 0.1) is 12.0 Å². The highest BCUT2D eigenvalue weighted by Gasteiger charge is 2.22. The molecule has 2 unspecified atom stereocenters. The molecule has 0 spiro atoms. The van der Waals surface area contributed by atoms with Gasteiger partial charge in [0.1, 0.15) is 0 Å². The van der Waals surface area contributed by atoms with E-state index in [1.54, 1.807) is 0 Å². The smallest absolute Gasteiger partial charge is 0.209 e. The molecule has 2 atom stereocenters. The number of rotatable bonds is 2. The van der Waals surface area contributed by atoms with Crippen LogP contribution in [0.1, 0.15) is 12.8 Å². The van der Waals surface area contributed by atoms with Crippen LogP contribution in [-0.4, -0.2) is 31.6 Å². The Bertz CT molecular complexity index is 132. The molecule has 0 saturated carbocycles. The van der Waals surface area contributed by atoms with Gasteiger partial charge in [0.15, 0.2) is 0 Å². The van der Waals surface area contributed by atoms with Crippen LogP contribution in [0.5, 0.6) is 0 Å². The zero-order valence-corrected chi connectivity index (χ0v) is 7.60. The molecule has 0 aromatic heterocycles. The van der Waals surface area contributed by atoms with Gasteiger partial charge < -0.3 is 14.6 Å². The van der Waals surface area contributed by atoms with E-state index < -0.39 is 14.8 Å². The van der Waals surface area contributed by atoms with Crippen molar-refractivity contribution in [3.8, 4) is 0 Å². The van der Waals surface area contributed by atoms with Gasteiger partial charge >= 0.3 is 0 Å². The van der Waals surface area contributed by atoms with Crippen molar-refractivity contribution in [2.45, 2.75) is 24.6 Å². The molecular formula is C7H14O3Si. The van der Waals surface area contributed by atoms with Crippen LogP contribution in [0.3, 0.4) is 0 Å². The average molecular weight is 174 g/mol. The normalized spacial score (nSPS) is 29.0. The van der Waals surface area contributed by atoms with Crippen LogP contribution in [0.4, 0.5) is 0 Å². The maximum atomic E-state index is 9.36. The highest BCUT2D eigenvalue weighted by molar-refractivity contribution is 6.54. The molecule has 0 aliphatic carbocycles. The maximum absolute atomic E-state index is 9.36. The molecule has 1 fully saturated rings. The molecule has 64 valence electrons. The average Bonchev–Trinajstić information content (AvgIpc) is 2.07. The fourth-order valence-corrected chi connectivity index (χ4v) is 3.46. The lowest BCUT2D eigenvalue weighted by molar-refractivity contribution is 0.217. The molecule has 1 rings (SSSR count). The molecule has 0 aromatic rings. The molecule has 1 aliphatic heterocycles. The summed E-state index contributed by atoms with van der Waals surface area (Å²) in [7, 11) is -1.43. The molecule has 11 heavy (non-hydrogen) atoms. The van der Waals surface area contributed by atoms with E-state index in [1.807, 2.05) is 0 Å². The standard InChI is InChI=1S/C7H14O3Si/c8-4-3-7(9)11-6-2-1-5-10-11/h3-4,7-9,11H,1-2,5-6H2. The van der Waals surface area contributed by atoms with Crippen LogP contribution in [0.15, 0.2) is 12.3 Å². The Labute approximate surface area is 68.0 Å². The molecule has 1 saturated heterocycles. The summed E-state index contributed by atoms with van der Waals surface area (Å²) < 4.78 is 5.42. The van der Waals surface area contributed by atoms with E-state index in [9.17, 15) is 5.11 Å². The number of hydrogen-bond acceptors (Lipinski definition) is 3. The third-order valence-corrected chi connectivity index (χ3v) is 4.50. The molecule has 0 amide bonds. The monoisotopic (exact) mass is 174 g/mol. The van der Waals surface area contributed by atoms with Crippen LogP contribution in [-0.2, 0) is 4.43 Å². The van der Waals surface area contributed by atoms with Gasteiger partial charge in [0, 0.05) is 6.61 Å².